The summed E-state index contributed by atoms with van der Waals surface area (Å²) in [5, 5.41) is 0. The van der Waals surface area contributed by atoms with E-state index < -0.39 is 0 Å². The van der Waals surface area contributed by atoms with E-state index in [1.54, 1.807) is 0 Å². The van der Waals surface area contributed by atoms with Crippen molar-refractivity contribution in [1.29, 1.82) is 0 Å². The van der Waals surface area contributed by atoms with E-state index in [0.29, 0.717) is 6.54 Å². The fraction of sp³-hybridized carbons (Fsp3) is 0.350. The number of likely N-dealkylation sites (N-methyl/N-ethyl adjacent to an activating group) is 1. The first-order valence-corrected chi connectivity index (χ1v) is 7.72. The maximum atomic E-state index is 12.2. The van der Waals surface area contributed by atoms with Gasteiger partial charge in [0.25, 0.3) is 0 Å². The van der Waals surface area contributed by atoms with Gasteiger partial charge in [-0.1, -0.05) is 75.4 Å². The number of ketones is 1. The van der Waals surface area contributed by atoms with Crippen LogP contribution in [0.4, 0.5) is 0 Å². The average Bonchev–Trinajstić information content (AvgIpc) is 2.47. The summed E-state index contributed by atoms with van der Waals surface area (Å²) in [6, 6.07) is 18.1. The van der Waals surface area contributed by atoms with Crippen molar-refractivity contribution in [2.75, 3.05) is 13.6 Å². The number of nitrogens with zero attached hydrogens (tertiary/aromatic N) is 1. The number of Topliss-reactive ketones (excluding diaryl/α,β-unsaturated/α-hetero) is 1. The Morgan fingerprint density at radius 2 is 1.55 bits per heavy atom. The van der Waals surface area contributed by atoms with E-state index >= 15 is 0 Å². The van der Waals surface area contributed by atoms with Gasteiger partial charge in [-0.2, -0.15) is 0 Å². The second-order valence-corrected chi connectivity index (χ2v) is 6.91. The molecule has 2 heteroatoms. The summed E-state index contributed by atoms with van der Waals surface area (Å²) < 4.78 is 0. The predicted octanol–water partition coefficient (Wildman–Crippen LogP) is 4.30. The lowest BCUT2D eigenvalue weighted by Gasteiger charge is -2.20. The van der Waals surface area contributed by atoms with Gasteiger partial charge in [-0.25, -0.2) is 0 Å². The topological polar surface area (TPSA) is 20.3 Å². The Morgan fingerprint density at radius 1 is 0.955 bits per heavy atom. The maximum Gasteiger partial charge on any atom is 0.176 e. The Kier molecular flexibility index (Phi) is 5.15. The lowest BCUT2D eigenvalue weighted by Crippen LogP contribution is -2.25. The van der Waals surface area contributed by atoms with Crippen molar-refractivity contribution in [2.45, 2.75) is 32.7 Å². The van der Waals surface area contributed by atoms with E-state index in [9.17, 15) is 4.79 Å². The smallest absolute Gasteiger partial charge is 0.176 e. The molecule has 0 aliphatic rings. The molecule has 0 heterocycles. The lowest BCUT2D eigenvalue weighted by atomic mass is 9.87. The van der Waals surface area contributed by atoms with Crippen LogP contribution in [0.25, 0.3) is 0 Å². The van der Waals surface area contributed by atoms with Crippen LogP contribution in [0.2, 0.25) is 0 Å². The van der Waals surface area contributed by atoms with E-state index in [1.165, 1.54) is 11.1 Å². The van der Waals surface area contributed by atoms with Gasteiger partial charge in [0.1, 0.15) is 0 Å². The van der Waals surface area contributed by atoms with Crippen LogP contribution in [0.5, 0.6) is 0 Å². The van der Waals surface area contributed by atoms with Crippen LogP contribution >= 0.6 is 0 Å². The standard InChI is InChI=1S/C20H25NO/c1-20(2,3)18-12-10-16(11-13-18)14-21(4)15-19(22)17-8-6-5-7-9-17/h5-13H,14-15H2,1-4H3. The predicted molar refractivity (Wildman–Crippen MR) is 92.2 cm³/mol. The molecule has 0 aliphatic heterocycles. The van der Waals surface area contributed by atoms with Crippen LogP contribution in [-0.4, -0.2) is 24.3 Å². The van der Waals surface area contributed by atoms with Gasteiger partial charge in [-0.3, -0.25) is 9.69 Å². The van der Waals surface area contributed by atoms with Crippen molar-refractivity contribution in [3.63, 3.8) is 0 Å². The van der Waals surface area contributed by atoms with E-state index in [2.05, 4.69) is 49.9 Å². The van der Waals surface area contributed by atoms with E-state index in [1.807, 2.05) is 37.4 Å². The van der Waals surface area contributed by atoms with Gasteiger partial charge in [0.05, 0.1) is 6.54 Å². The molecule has 0 fully saturated rings. The van der Waals surface area contributed by atoms with Gasteiger partial charge in [-0.15, -0.1) is 0 Å². The summed E-state index contributed by atoms with van der Waals surface area (Å²) in [6.45, 7) is 7.86. The average molecular weight is 295 g/mol. The Balaban J connectivity index is 1.95. The number of carbonyl (C=O) groups is 1. The summed E-state index contributed by atoms with van der Waals surface area (Å²) in [5.41, 5.74) is 3.52. The number of hydrogen-bond acceptors (Lipinski definition) is 2. The minimum absolute atomic E-state index is 0.161. The van der Waals surface area contributed by atoms with Gasteiger partial charge in [0, 0.05) is 12.1 Å². The van der Waals surface area contributed by atoms with Gasteiger partial charge >= 0.3 is 0 Å². The van der Waals surface area contributed by atoms with Crippen LogP contribution in [0.15, 0.2) is 54.6 Å². The molecule has 0 amide bonds. The highest BCUT2D eigenvalue weighted by Gasteiger charge is 2.13. The van der Waals surface area contributed by atoms with Crippen molar-refractivity contribution in [3.8, 4) is 0 Å². The monoisotopic (exact) mass is 295 g/mol. The molecule has 116 valence electrons. The number of carbonyl (C=O) groups excluding carboxylic acids is 1. The van der Waals surface area contributed by atoms with Crippen molar-refractivity contribution in [3.05, 3.63) is 71.3 Å². The normalized spacial score (nSPS) is 11.7. The molecule has 22 heavy (non-hydrogen) atoms. The van der Waals surface area contributed by atoms with Gasteiger partial charge in [0.2, 0.25) is 0 Å². The summed E-state index contributed by atoms with van der Waals surface area (Å²) >= 11 is 0. The summed E-state index contributed by atoms with van der Waals surface area (Å²) in [4.78, 5) is 14.2. The van der Waals surface area contributed by atoms with Gasteiger partial charge in [0.15, 0.2) is 5.78 Å². The SMILES string of the molecule is CN(CC(=O)c1ccccc1)Cc1ccc(C(C)(C)C)cc1. The highest BCUT2D eigenvalue weighted by Crippen LogP contribution is 2.22. The molecule has 0 radical (unpaired) electrons. The Bertz CT molecular complexity index is 608. The first kappa shape index (κ1) is 16.4. The minimum Gasteiger partial charge on any atom is -0.295 e. The second-order valence-electron chi connectivity index (χ2n) is 6.91. The van der Waals surface area contributed by atoms with E-state index in [0.717, 1.165) is 12.1 Å². The van der Waals surface area contributed by atoms with Crippen molar-refractivity contribution < 1.29 is 4.79 Å². The van der Waals surface area contributed by atoms with Crippen molar-refractivity contribution >= 4 is 5.78 Å². The quantitative estimate of drug-likeness (QED) is 0.767. The first-order valence-electron chi connectivity index (χ1n) is 7.72. The molecule has 2 aromatic rings. The maximum absolute atomic E-state index is 12.2. The molecule has 2 rings (SSSR count). The molecule has 0 saturated carbocycles. The first-order chi connectivity index (χ1) is 10.4. The Hall–Kier alpha value is -1.93. The highest BCUT2D eigenvalue weighted by atomic mass is 16.1. The zero-order valence-corrected chi connectivity index (χ0v) is 14.0. The minimum atomic E-state index is 0.161. The molecular weight excluding hydrogens is 270 g/mol. The van der Waals surface area contributed by atoms with Crippen molar-refractivity contribution in [2.24, 2.45) is 0 Å². The molecule has 0 saturated heterocycles. The third-order valence-electron chi connectivity index (χ3n) is 3.78. The Labute approximate surface area is 133 Å². The molecule has 0 N–H and O–H groups in total. The molecule has 0 unspecified atom stereocenters. The van der Waals surface area contributed by atoms with Crippen LogP contribution < -0.4 is 0 Å². The third-order valence-corrected chi connectivity index (χ3v) is 3.78. The molecule has 0 aliphatic carbocycles. The summed E-state index contributed by atoms with van der Waals surface area (Å²) in [5.74, 6) is 0.161. The third kappa shape index (κ3) is 4.54. The molecule has 0 bridgehead atoms. The van der Waals surface area contributed by atoms with Crippen LogP contribution in [0.1, 0.15) is 42.3 Å². The number of hydrogen-bond donors (Lipinski definition) is 0. The van der Waals surface area contributed by atoms with Gasteiger partial charge in [-0.05, 0) is 23.6 Å². The fourth-order valence-corrected chi connectivity index (χ4v) is 2.44. The summed E-state index contributed by atoms with van der Waals surface area (Å²) in [6.07, 6.45) is 0. The van der Waals surface area contributed by atoms with Crippen LogP contribution in [0, 0.1) is 0 Å². The van der Waals surface area contributed by atoms with E-state index in [4.69, 9.17) is 0 Å². The van der Waals surface area contributed by atoms with Crippen LogP contribution in [-0.2, 0) is 12.0 Å². The zero-order chi connectivity index (χ0) is 16.2. The zero-order valence-electron chi connectivity index (χ0n) is 14.0. The number of rotatable bonds is 5. The van der Waals surface area contributed by atoms with Crippen molar-refractivity contribution in [1.82, 2.24) is 4.90 Å². The Morgan fingerprint density at radius 3 is 2.09 bits per heavy atom. The lowest BCUT2D eigenvalue weighted by molar-refractivity contribution is 0.0943. The molecule has 0 spiro atoms. The molecule has 2 aromatic carbocycles. The molecule has 0 atom stereocenters. The summed E-state index contributed by atoms with van der Waals surface area (Å²) in [7, 11) is 1.98. The molecule has 0 aromatic heterocycles. The fourth-order valence-electron chi connectivity index (χ4n) is 2.44. The molecule has 2 nitrogen and oxygen atoms in total. The van der Waals surface area contributed by atoms with Gasteiger partial charge < -0.3 is 0 Å². The van der Waals surface area contributed by atoms with E-state index in [-0.39, 0.29) is 11.2 Å². The largest absolute Gasteiger partial charge is 0.295 e. The highest BCUT2D eigenvalue weighted by molar-refractivity contribution is 5.97. The van der Waals surface area contributed by atoms with Crippen LogP contribution in [0.3, 0.4) is 0 Å². The number of benzene rings is 2. The second kappa shape index (κ2) is 6.89. The molecular formula is C20H25NO.